The number of nitrogens with two attached hydrogens (primary N) is 1. The van der Waals surface area contributed by atoms with Crippen LogP contribution in [0.1, 0.15) is 50.9 Å². The topological polar surface area (TPSA) is 101 Å². The van der Waals surface area contributed by atoms with Gasteiger partial charge in [0.2, 0.25) is 11.8 Å². The standard InChI is InChI=1S/C19H24I3N3O4/c1-9(26)24-16-13(20)12(14(21)17(15(16)22)25-10(2)27)18(28)29-19(3,4)11-5-7-23-8-6-11/h11,23H,5-8H2,1-4H3,(H,24,26)(H,25,27)/p+1. The molecule has 2 amide bonds. The summed E-state index contributed by atoms with van der Waals surface area (Å²) in [6.45, 7) is 8.79. The number of piperidine rings is 1. The Kier molecular flexibility index (Phi) is 8.98. The minimum absolute atomic E-state index is 0.256. The summed E-state index contributed by atoms with van der Waals surface area (Å²) in [5.74, 6) is -0.670. The van der Waals surface area contributed by atoms with Gasteiger partial charge in [0.15, 0.2) is 0 Å². The van der Waals surface area contributed by atoms with Crippen molar-refractivity contribution in [1.29, 1.82) is 0 Å². The molecule has 1 fully saturated rings. The lowest BCUT2D eigenvalue weighted by molar-refractivity contribution is -0.665. The number of carbonyl (C=O) groups excluding carboxylic acids is 3. The van der Waals surface area contributed by atoms with Crippen LogP contribution in [0, 0.1) is 16.6 Å². The molecular weight excluding hydrogens is 715 g/mol. The molecule has 4 N–H and O–H groups in total. The largest absolute Gasteiger partial charge is 0.456 e. The van der Waals surface area contributed by atoms with Crippen LogP contribution < -0.4 is 16.0 Å². The maximum Gasteiger partial charge on any atom is 0.340 e. The molecule has 0 unspecified atom stereocenters. The third-order valence-corrected chi connectivity index (χ3v) is 8.14. The van der Waals surface area contributed by atoms with Crippen molar-refractivity contribution in [2.24, 2.45) is 5.92 Å². The van der Waals surface area contributed by atoms with E-state index in [1.807, 2.05) is 13.8 Å². The van der Waals surface area contributed by atoms with E-state index in [0.717, 1.165) is 25.9 Å². The van der Waals surface area contributed by atoms with E-state index >= 15 is 0 Å². The van der Waals surface area contributed by atoms with E-state index in [0.29, 0.717) is 33.6 Å². The molecule has 0 radical (unpaired) electrons. The predicted molar refractivity (Wildman–Crippen MR) is 137 cm³/mol. The molecule has 10 heteroatoms. The van der Waals surface area contributed by atoms with Gasteiger partial charge in [-0.25, -0.2) is 4.79 Å². The number of carbonyl (C=O) groups is 3. The van der Waals surface area contributed by atoms with E-state index in [4.69, 9.17) is 4.74 Å². The van der Waals surface area contributed by atoms with Gasteiger partial charge in [-0.1, -0.05) is 0 Å². The number of nitrogens with one attached hydrogen (secondary N) is 2. The number of anilines is 2. The highest BCUT2D eigenvalue weighted by Crippen LogP contribution is 2.40. The second-order valence-corrected chi connectivity index (χ2v) is 10.8. The first-order chi connectivity index (χ1) is 13.5. The minimum atomic E-state index is -0.608. The summed E-state index contributed by atoms with van der Waals surface area (Å²) < 4.78 is 7.85. The molecule has 0 bridgehead atoms. The summed E-state index contributed by atoms with van der Waals surface area (Å²) in [6, 6.07) is 0. The molecule has 0 saturated carbocycles. The van der Waals surface area contributed by atoms with Gasteiger partial charge in [0.25, 0.3) is 0 Å². The van der Waals surface area contributed by atoms with Gasteiger partial charge in [0, 0.05) is 32.6 Å². The zero-order chi connectivity index (χ0) is 21.9. The number of benzene rings is 1. The summed E-state index contributed by atoms with van der Waals surface area (Å²) in [7, 11) is 0. The molecule has 1 aliphatic rings. The number of quaternary nitrogens is 1. The van der Waals surface area contributed by atoms with E-state index in [1.54, 1.807) is 0 Å². The van der Waals surface area contributed by atoms with Gasteiger partial charge in [0.05, 0.1) is 40.7 Å². The number of hydrogen-bond donors (Lipinski definition) is 3. The lowest BCUT2D eigenvalue weighted by atomic mass is 9.83. The van der Waals surface area contributed by atoms with Crippen molar-refractivity contribution in [3.8, 4) is 0 Å². The van der Waals surface area contributed by atoms with Crippen molar-refractivity contribution in [1.82, 2.24) is 0 Å². The highest BCUT2D eigenvalue weighted by Gasteiger charge is 2.37. The van der Waals surface area contributed by atoms with Crippen LogP contribution in [0.4, 0.5) is 11.4 Å². The fourth-order valence-corrected chi connectivity index (χ4v) is 7.56. The molecule has 1 saturated heterocycles. The highest BCUT2D eigenvalue weighted by atomic mass is 127. The first kappa shape index (κ1) is 25.0. The Labute approximate surface area is 211 Å². The van der Waals surface area contributed by atoms with E-state index in [9.17, 15) is 14.4 Å². The maximum atomic E-state index is 13.3. The van der Waals surface area contributed by atoms with E-state index in [1.165, 1.54) is 13.8 Å². The number of amides is 2. The smallest absolute Gasteiger partial charge is 0.340 e. The number of rotatable bonds is 5. The average Bonchev–Trinajstić information content (AvgIpc) is 2.62. The fourth-order valence-electron chi connectivity index (χ4n) is 3.41. The summed E-state index contributed by atoms with van der Waals surface area (Å²) in [5, 5.41) is 7.84. The van der Waals surface area contributed by atoms with Crippen LogP contribution in [-0.2, 0) is 14.3 Å². The lowest BCUT2D eigenvalue weighted by Crippen LogP contribution is -2.86. The van der Waals surface area contributed by atoms with Gasteiger partial charge in [-0.15, -0.1) is 0 Å². The second kappa shape index (κ2) is 10.4. The van der Waals surface area contributed by atoms with Crippen LogP contribution in [0.3, 0.4) is 0 Å². The van der Waals surface area contributed by atoms with Crippen molar-refractivity contribution >= 4 is 96.9 Å². The van der Waals surface area contributed by atoms with Crippen molar-refractivity contribution in [3.05, 3.63) is 16.3 Å². The van der Waals surface area contributed by atoms with Crippen LogP contribution in [0.5, 0.6) is 0 Å². The lowest BCUT2D eigenvalue weighted by Gasteiger charge is -2.35. The molecule has 160 valence electrons. The van der Waals surface area contributed by atoms with E-state index < -0.39 is 11.6 Å². The normalized spacial score (nSPS) is 15.0. The zero-order valence-electron chi connectivity index (χ0n) is 16.8. The van der Waals surface area contributed by atoms with Crippen molar-refractivity contribution in [3.63, 3.8) is 0 Å². The Balaban J connectivity index is 2.50. The summed E-state index contributed by atoms with van der Waals surface area (Å²) >= 11 is 6.18. The number of halogens is 3. The van der Waals surface area contributed by atoms with Gasteiger partial charge in [-0.05, 0) is 81.6 Å². The summed E-state index contributed by atoms with van der Waals surface area (Å²) in [4.78, 5) is 36.7. The predicted octanol–water partition coefficient (Wildman–Crippen LogP) is 3.33. The Morgan fingerprint density at radius 1 is 0.931 bits per heavy atom. The molecule has 1 aromatic carbocycles. The Morgan fingerprint density at radius 3 is 1.79 bits per heavy atom. The first-order valence-corrected chi connectivity index (χ1v) is 12.5. The first-order valence-electron chi connectivity index (χ1n) is 9.26. The van der Waals surface area contributed by atoms with Gasteiger partial charge in [-0.2, -0.15) is 0 Å². The molecule has 0 atom stereocenters. The molecule has 0 aliphatic carbocycles. The van der Waals surface area contributed by atoms with Crippen LogP contribution in [-0.4, -0.2) is 36.5 Å². The SMILES string of the molecule is CC(=O)Nc1c(I)c(NC(C)=O)c(I)c(C(=O)OC(C)(C)C2CC[NH2+]CC2)c1I. The third-order valence-electron chi connectivity index (χ3n) is 4.90. The third kappa shape index (κ3) is 6.15. The van der Waals surface area contributed by atoms with Crippen LogP contribution in [0.15, 0.2) is 0 Å². The van der Waals surface area contributed by atoms with Crippen LogP contribution in [0.25, 0.3) is 0 Å². The van der Waals surface area contributed by atoms with Crippen molar-refractivity contribution in [2.75, 3.05) is 23.7 Å². The number of esters is 1. The van der Waals surface area contributed by atoms with Gasteiger partial charge in [0.1, 0.15) is 5.60 Å². The maximum absolute atomic E-state index is 13.3. The van der Waals surface area contributed by atoms with Crippen molar-refractivity contribution in [2.45, 2.75) is 46.1 Å². The van der Waals surface area contributed by atoms with Gasteiger partial charge >= 0.3 is 5.97 Å². The van der Waals surface area contributed by atoms with Crippen molar-refractivity contribution < 1.29 is 24.4 Å². The molecule has 7 nitrogen and oxygen atoms in total. The average molecular weight is 740 g/mol. The van der Waals surface area contributed by atoms with Crippen LogP contribution >= 0.6 is 67.8 Å². The monoisotopic (exact) mass is 740 g/mol. The minimum Gasteiger partial charge on any atom is -0.456 e. The number of hydrogen-bond acceptors (Lipinski definition) is 4. The Hall–Kier alpha value is -0.220. The molecule has 1 heterocycles. The van der Waals surface area contributed by atoms with E-state index in [-0.39, 0.29) is 11.8 Å². The van der Waals surface area contributed by atoms with Gasteiger partial charge in [-0.3, -0.25) is 9.59 Å². The zero-order valence-corrected chi connectivity index (χ0v) is 23.2. The summed E-state index contributed by atoms with van der Waals surface area (Å²) in [6.07, 6.45) is 1.99. The fraction of sp³-hybridized carbons (Fsp3) is 0.526. The van der Waals surface area contributed by atoms with E-state index in [2.05, 4.69) is 83.7 Å². The molecule has 1 aliphatic heterocycles. The molecule has 2 rings (SSSR count). The molecule has 0 spiro atoms. The molecule has 0 aromatic heterocycles. The van der Waals surface area contributed by atoms with Gasteiger partial charge < -0.3 is 20.7 Å². The summed E-state index contributed by atoms with van der Waals surface area (Å²) in [5.41, 5.74) is 0.748. The Morgan fingerprint density at radius 2 is 1.38 bits per heavy atom. The van der Waals surface area contributed by atoms with Crippen LogP contribution in [0.2, 0.25) is 0 Å². The highest BCUT2D eigenvalue weighted by molar-refractivity contribution is 14.1. The quantitative estimate of drug-likeness (QED) is 0.319. The number of ether oxygens (including phenoxy) is 1. The molecular formula is C19H25I3N3O4+. The Bertz CT molecular complexity index is 793. The molecule has 29 heavy (non-hydrogen) atoms. The second-order valence-electron chi connectivity index (χ2n) is 7.56. The molecule has 1 aromatic rings.